The Morgan fingerprint density at radius 1 is 1.20 bits per heavy atom. The lowest BCUT2D eigenvalue weighted by Gasteiger charge is -2.27. The quantitative estimate of drug-likeness (QED) is 0.436. The largest absolute Gasteiger partial charge is 0.426 e. The van der Waals surface area contributed by atoms with Crippen LogP contribution in [0.4, 0.5) is 0 Å². The topological polar surface area (TPSA) is 56.5 Å². The number of aryl methyl sites for hydroxylation is 1. The van der Waals surface area contributed by atoms with E-state index in [9.17, 15) is 9.59 Å². The zero-order valence-corrected chi connectivity index (χ0v) is 15.0. The molecule has 0 atom stereocenters. The first-order chi connectivity index (χ1) is 12.1. The standard InChI is InChI=1S/C21H26O4/c1-3-4-5-15-6-8-16(9-7-15)21(23)24-17-10-11-18-14(2)12-20(22)25-19(18)13-17/h10-13,15-16H,3-9H2,1-2H3. The molecule has 0 aliphatic heterocycles. The van der Waals surface area contributed by atoms with Crippen molar-refractivity contribution in [2.45, 2.75) is 58.8 Å². The SMILES string of the molecule is CCCCC1CCC(C(=O)Oc2ccc3c(C)cc(=O)oc3c2)CC1. The van der Waals surface area contributed by atoms with Gasteiger partial charge in [-0.1, -0.05) is 26.2 Å². The minimum atomic E-state index is -0.390. The molecule has 1 heterocycles. The van der Waals surface area contributed by atoms with E-state index >= 15 is 0 Å². The Morgan fingerprint density at radius 3 is 2.68 bits per heavy atom. The van der Waals surface area contributed by atoms with Crippen LogP contribution in [0.1, 0.15) is 57.4 Å². The molecule has 0 spiro atoms. The van der Waals surface area contributed by atoms with Gasteiger partial charge in [0.1, 0.15) is 11.3 Å². The molecule has 1 aliphatic rings. The molecule has 1 aromatic carbocycles. The number of benzene rings is 1. The van der Waals surface area contributed by atoms with Crippen molar-refractivity contribution in [2.75, 3.05) is 0 Å². The second-order valence-corrected chi connectivity index (χ2v) is 7.19. The van der Waals surface area contributed by atoms with E-state index in [-0.39, 0.29) is 17.5 Å². The fourth-order valence-electron chi connectivity index (χ4n) is 3.75. The van der Waals surface area contributed by atoms with Gasteiger partial charge < -0.3 is 9.15 Å². The van der Waals surface area contributed by atoms with Crippen molar-refractivity contribution in [2.24, 2.45) is 11.8 Å². The van der Waals surface area contributed by atoms with E-state index in [1.807, 2.05) is 13.0 Å². The third kappa shape index (κ3) is 4.30. The first-order valence-corrected chi connectivity index (χ1v) is 9.33. The molecule has 0 N–H and O–H groups in total. The predicted octanol–water partition coefficient (Wildman–Crippen LogP) is 5.00. The van der Waals surface area contributed by atoms with E-state index in [1.54, 1.807) is 12.1 Å². The monoisotopic (exact) mass is 342 g/mol. The fourth-order valence-corrected chi connectivity index (χ4v) is 3.75. The molecule has 1 aliphatic carbocycles. The van der Waals surface area contributed by atoms with Crippen LogP contribution in [-0.4, -0.2) is 5.97 Å². The summed E-state index contributed by atoms with van der Waals surface area (Å²) < 4.78 is 10.8. The second kappa shape index (κ2) is 7.85. The molecule has 0 amide bonds. The first-order valence-electron chi connectivity index (χ1n) is 9.33. The maximum absolute atomic E-state index is 12.4. The van der Waals surface area contributed by atoms with E-state index in [0.29, 0.717) is 11.3 Å². The zero-order valence-electron chi connectivity index (χ0n) is 15.0. The smallest absolute Gasteiger partial charge is 0.336 e. The van der Waals surface area contributed by atoms with Crippen LogP contribution < -0.4 is 10.4 Å². The number of carbonyl (C=O) groups excluding carboxylic acids is 1. The molecular formula is C21H26O4. The molecule has 1 saturated carbocycles. The van der Waals surface area contributed by atoms with E-state index in [1.165, 1.54) is 25.3 Å². The molecule has 0 unspecified atom stereocenters. The minimum Gasteiger partial charge on any atom is -0.426 e. The zero-order chi connectivity index (χ0) is 17.8. The average molecular weight is 342 g/mol. The molecule has 0 bridgehead atoms. The highest BCUT2D eigenvalue weighted by Crippen LogP contribution is 2.33. The van der Waals surface area contributed by atoms with Gasteiger partial charge in [0, 0.05) is 17.5 Å². The molecule has 1 fully saturated rings. The van der Waals surface area contributed by atoms with Gasteiger partial charge >= 0.3 is 11.6 Å². The Kier molecular flexibility index (Phi) is 5.57. The molecule has 4 nitrogen and oxygen atoms in total. The van der Waals surface area contributed by atoms with E-state index in [4.69, 9.17) is 9.15 Å². The van der Waals surface area contributed by atoms with Gasteiger partial charge in [-0.3, -0.25) is 4.79 Å². The normalized spacial score (nSPS) is 20.6. The lowest BCUT2D eigenvalue weighted by atomic mass is 9.80. The van der Waals surface area contributed by atoms with Crippen LogP contribution >= 0.6 is 0 Å². The molecule has 0 saturated heterocycles. The van der Waals surface area contributed by atoms with E-state index in [0.717, 1.165) is 42.6 Å². The lowest BCUT2D eigenvalue weighted by molar-refractivity contribution is -0.140. The third-order valence-corrected chi connectivity index (χ3v) is 5.29. The van der Waals surface area contributed by atoms with Gasteiger partial charge in [-0.05, 0) is 56.2 Å². The Balaban J connectivity index is 1.63. The van der Waals surface area contributed by atoms with Gasteiger partial charge in [-0.2, -0.15) is 0 Å². The average Bonchev–Trinajstić information content (AvgIpc) is 2.60. The summed E-state index contributed by atoms with van der Waals surface area (Å²) in [4.78, 5) is 24.0. The van der Waals surface area contributed by atoms with Crippen LogP contribution in [0.2, 0.25) is 0 Å². The molecular weight excluding hydrogens is 316 g/mol. The summed E-state index contributed by atoms with van der Waals surface area (Å²) in [7, 11) is 0. The highest BCUT2D eigenvalue weighted by molar-refractivity contribution is 5.82. The fraction of sp³-hybridized carbons (Fsp3) is 0.524. The van der Waals surface area contributed by atoms with Crippen LogP contribution in [0.5, 0.6) is 5.75 Å². The summed E-state index contributed by atoms with van der Waals surface area (Å²) in [5, 5.41) is 0.857. The predicted molar refractivity (Wildman–Crippen MR) is 97.8 cm³/mol. The van der Waals surface area contributed by atoms with Crippen molar-refractivity contribution in [1.29, 1.82) is 0 Å². The van der Waals surface area contributed by atoms with Crippen molar-refractivity contribution in [3.05, 3.63) is 40.2 Å². The van der Waals surface area contributed by atoms with Gasteiger partial charge in [0.15, 0.2) is 0 Å². The van der Waals surface area contributed by atoms with Gasteiger partial charge in [-0.15, -0.1) is 0 Å². The summed E-state index contributed by atoms with van der Waals surface area (Å²) in [6.45, 7) is 4.08. The van der Waals surface area contributed by atoms with Crippen molar-refractivity contribution >= 4 is 16.9 Å². The first kappa shape index (κ1) is 17.7. The molecule has 25 heavy (non-hydrogen) atoms. The highest BCUT2D eigenvalue weighted by atomic mass is 16.5. The summed E-state index contributed by atoms with van der Waals surface area (Å²) in [6, 6.07) is 6.69. The number of rotatable bonds is 5. The van der Waals surface area contributed by atoms with Gasteiger partial charge in [-0.25, -0.2) is 4.79 Å². The van der Waals surface area contributed by atoms with Crippen molar-refractivity contribution in [3.63, 3.8) is 0 Å². The molecule has 4 heteroatoms. The van der Waals surface area contributed by atoms with Crippen LogP contribution in [0.3, 0.4) is 0 Å². The van der Waals surface area contributed by atoms with Crippen molar-refractivity contribution in [1.82, 2.24) is 0 Å². The van der Waals surface area contributed by atoms with Crippen LogP contribution in [-0.2, 0) is 4.79 Å². The summed E-state index contributed by atoms with van der Waals surface area (Å²) >= 11 is 0. The Labute approximate surface area is 148 Å². The lowest BCUT2D eigenvalue weighted by Crippen LogP contribution is -2.25. The maximum Gasteiger partial charge on any atom is 0.336 e. The number of unbranched alkanes of at least 4 members (excludes halogenated alkanes) is 1. The van der Waals surface area contributed by atoms with Gasteiger partial charge in [0.25, 0.3) is 0 Å². The minimum absolute atomic E-state index is 0.0157. The number of ether oxygens (including phenoxy) is 1. The van der Waals surface area contributed by atoms with Crippen molar-refractivity contribution < 1.29 is 13.9 Å². The van der Waals surface area contributed by atoms with E-state index in [2.05, 4.69) is 6.92 Å². The molecule has 3 rings (SSSR count). The Morgan fingerprint density at radius 2 is 1.96 bits per heavy atom. The van der Waals surface area contributed by atoms with Crippen molar-refractivity contribution in [3.8, 4) is 5.75 Å². The Hall–Kier alpha value is -2.10. The number of hydrogen-bond acceptors (Lipinski definition) is 4. The number of fused-ring (bicyclic) bond motifs is 1. The number of carbonyl (C=O) groups is 1. The highest BCUT2D eigenvalue weighted by Gasteiger charge is 2.27. The molecule has 134 valence electrons. The summed E-state index contributed by atoms with van der Waals surface area (Å²) in [5.41, 5.74) is 0.923. The third-order valence-electron chi connectivity index (χ3n) is 5.29. The Bertz CT molecular complexity index is 797. The summed E-state index contributed by atoms with van der Waals surface area (Å²) in [5.74, 6) is 1.03. The van der Waals surface area contributed by atoms with Gasteiger partial charge in [0.05, 0.1) is 5.92 Å². The number of hydrogen-bond donors (Lipinski definition) is 0. The number of esters is 1. The molecule has 1 aromatic heterocycles. The molecule has 0 radical (unpaired) electrons. The van der Waals surface area contributed by atoms with Crippen LogP contribution in [0.25, 0.3) is 11.0 Å². The van der Waals surface area contributed by atoms with Crippen LogP contribution in [0, 0.1) is 18.8 Å². The van der Waals surface area contributed by atoms with Crippen LogP contribution in [0.15, 0.2) is 33.5 Å². The van der Waals surface area contributed by atoms with E-state index < -0.39 is 0 Å². The maximum atomic E-state index is 12.4. The van der Waals surface area contributed by atoms with Gasteiger partial charge in [0.2, 0.25) is 0 Å². The second-order valence-electron chi connectivity index (χ2n) is 7.19. The summed E-state index contributed by atoms with van der Waals surface area (Å²) in [6.07, 6.45) is 7.85. The molecule has 2 aromatic rings.